The predicted octanol–water partition coefficient (Wildman–Crippen LogP) is 8.19. The van der Waals surface area contributed by atoms with Gasteiger partial charge in [-0.1, -0.05) is 81.7 Å². The Bertz CT molecular complexity index is 2780. The van der Waals surface area contributed by atoms with Crippen LogP contribution in [-0.2, 0) is 19.1 Å². The third-order valence-corrected chi connectivity index (χ3v) is 13.3. The van der Waals surface area contributed by atoms with Crippen LogP contribution in [0.3, 0.4) is 0 Å². The molecular weight excluding hydrogens is 1040 g/mol. The molecule has 2 aliphatic heterocycles. The summed E-state index contributed by atoms with van der Waals surface area (Å²) in [5.41, 5.74) is 2.94. The molecule has 20 nitrogen and oxygen atoms in total. The fourth-order valence-electron chi connectivity index (χ4n) is 7.18. The number of hydrogen-bond acceptors (Lipinski definition) is 20. The number of benzene rings is 2. The van der Waals surface area contributed by atoms with E-state index in [0.717, 1.165) is 69.3 Å². The molecule has 0 saturated carbocycles. The molecule has 388 valence electrons. The van der Waals surface area contributed by atoms with E-state index in [1.807, 2.05) is 65.0 Å². The molecule has 0 spiro atoms. The Morgan fingerprint density at radius 3 is 1.56 bits per heavy atom. The highest BCUT2D eigenvalue weighted by atomic mass is 35.5. The summed E-state index contributed by atoms with van der Waals surface area (Å²) < 4.78 is 9.89. The number of aromatic nitrogens is 6. The first-order valence-corrected chi connectivity index (χ1v) is 26.0. The van der Waals surface area contributed by atoms with Crippen LogP contribution in [0, 0.1) is 27.7 Å². The molecular formula is C48H57Cl3N14O6S2. The van der Waals surface area contributed by atoms with Crippen molar-refractivity contribution < 1.29 is 28.7 Å². The molecule has 6 heterocycles. The van der Waals surface area contributed by atoms with E-state index in [-0.39, 0.29) is 23.8 Å². The number of carbonyl (C=O) groups excluding carboxylic acids is 4. The van der Waals surface area contributed by atoms with Crippen molar-refractivity contribution in [1.29, 1.82) is 0 Å². The number of piperazine rings is 2. The van der Waals surface area contributed by atoms with Gasteiger partial charge < -0.3 is 41.0 Å². The van der Waals surface area contributed by atoms with E-state index in [9.17, 15) is 19.2 Å². The Morgan fingerprint density at radius 1 is 0.630 bits per heavy atom. The standard InChI is InChI=1S/C24H28ClN7O3S.C16H13Cl2N5OS.C8H16N2O2/c1-4-35-21(33)14-31-8-10-32(11-9-31)20-12-19(27-16(3)28-20)29-24-26-13-18(36-24)23(34)30-22-15(2)6-5-7-17(22)25;1-8-4-3-5-10(17)14(8)23-15(24)11-7-19-16(25-11)22-13-6-12(18)20-9(2)21-13;1-2-12-8(11)7-10-5-3-9-4-6-10/h5-7,12-13H,4,8-11,14H2,1-3H3,(H,30,34)(H,26,27,28,29);3-7H,1-2H3,(H,23,24)(H,19,20,21,22);9H,2-7H2,1H3. The maximum atomic E-state index is 12.7. The monoisotopic (exact) mass is 1090 g/mol. The summed E-state index contributed by atoms with van der Waals surface area (Å²) in [5.74, 6) is 2.19. The van der Waals surface area contributed by atoms with Gasteiger partial charge in [-0.05, 0) is 64.8 Å². The number of hydrogen-bond donors (Lipinski definition) is 5. The third kappa shape index (κ3) is 17.5. The van der Waals surface area contributed by atoms with Crippen LogP contribution in [0.15, 0.2) is 60.9 Å². The smallest absolute Gasteiger partial charge is 0.320 e. The van der Waals surface area contributed by atoms with Crippen molar-refractivity contribution in [2.75, 3.05) is 105 Å². The fourth-order valence-corrected chi connectivity index (χ4v) is 9.38. The summed E-state index contributed by atoms with van der Waals surface area (Å²) in [5, 5.41) is 17.5. The lowest BCUT2D eigenvalue weighted by atomic mass is 10.2. The molecule has 4 aromatic heterocycles. The van der Waals surface area contributed by atoms with Gasteiger partial charge in [-0.25, -0.2) is 29.9 Å². The zero-order valence-corrected chi connectivity index (χ0v) is 45.1. The van der Waals surface area contributed by atoms with Crippen molar-refractivity contribution in [1.82, 2.24) is 45.0 Å². The average molecular weight is 1100 g/mol. The van der Waals surface area contributed by atoms with Crippen LogP contribution in [0.5, 0.6) is 0 Å². The normalized spacial score (nSPS) is 13.6. The lowest BCUT2D eigenvalue weighted by molar-refractivity contribution is -0.145. The number of esters is 2. The number of nitrogens with zero attached hydrogens (tertiary/aromatic N) is 9. The van der Waals surface area contributed by atoms with Gasteiger partial charge in [0.05, 0.1) is 60.1 Å². The molecule has 0 unspecified atom stereocenters. The number of thiazole rings is 2. The lowest BCUT2D eigenvalue weighted by Gasteiger charge is -2.34. The van der Waals surface area contributed by atoms with Crippen molar-refractivity contribution in [3.8, 4) is 0 Å². The number of rotatable bonds is 15. The van der Waals surface area contributed by atoms with Crippen molar-refractivity contribution >= 4 is 120 Å². The number of halogens is 3. The molecule has 0 aliphatic carbocycles. The van der Waals surface area contributed by atoms with Gasteiger partial charge in [0, 0.05) is 64.5 Å². The maximum Gasteiger partial charge on any atom is 0.320 e. The van der Waals surface area contributed by atoms with Crippen molar-refractivity contribution in [2.24, 2.45) is 0 Å². The van der Waals surface area contributed by atoms with Crippen LogP contribution >= 0.6 is 57.5 Å². The number of amides is 2. The molecule has 5 N–H and O–H groups in total. The van der Waals surface area contributed by atoms with Crippen molar-refractivity contribution in [2.45, 2.75) is 41.5 Å². The first-order valence-electron chi connectivity index (χ1n) is 23.2. The summed E-state index contributed by atoms with van der Waals surface area (Å²) in [7, 11) is 0. The summed E-state index contributed by atoms with van der Waals surface area (Å²) in [6.07, 6.45) is 3.01. The SMILES string of the molecule is CCOC(=O)CN1CCN(c2cc(Nc3ncc(C(=O)Nc4c(C)cccc4Cl)s3)nc(C)n2)CC1.CCOC(=O)CN1CCNCC1.Cc1nc(Cl)cc(Nc2ncc(C(=O)Nc3c(C)cccc3Cl)s2)n1. The van der Waals surface area contributed by atoms with Gasteiger partial charge in [-0.2, -0.15) is 0 Å². The van der Waals surface area contributed by atoms with Crippen molar-refractivity contribution in [3.05, 3.63) is 109 Å². The first-order chi connectivity index (χ1) is 35.1. The van der Waals surface area contributed by atoms with Crippen LogP contribution in [0.4, 0.5) is 39.1 Å². The quantitative estimate of drug-likeness (QED) is 0.0482. The van der Waals surface area contributed by atoms with Gasteiger partial charge in [-0.15, -0.1) is 0 Å². The Hall–Kier alpha value is -6.11. The number of anilines is 7. The number of aryl methyl sites for hydroxylation is 4. The number of carbonyl (C=O) groups is 4. The topological polar surface area (TPSA) is 234 Å². The van der Waals surface area contributed by atoms with Crippen LogP contribution < -0.4 is 31.5 Å². The molecule has 8 rings (SSSR count). The highest BCUT2D eigenvalue weighted by Gasteiger charge is 2.22. The first kappa shape index (κ1) is 56.2. The van der Waals surface area contributed by atoms with E-state index >= 15 is 0 Å². The van der Waals surface area contributed by atoms with Crippen molar-refractivity contribution in [3.63, 3.8) is 0 Å². The van der Waals surface area contributed by atoms with Crippen LogP contribution in [0.2, 0.25) is 15.2 Å². The lowest BCUT2D eigenvalue weighted by Crippen LogP contribution is -2.48. The molecule has 25 heteroatoms. The second-order valence-corrected chi connectivity index (χ2v) is 19.5. The third-order valence-electron chi connectivity index (χ3n) is 10.7. The average Bonchev–Trinajstić information content (AvgIpc) is 4.02. The summed E-state index contributed by atoms with van der Waals surface area (Å²) in [6, 6.07) is 14.3. The largest absolute Gasteiger partial charge is 0.465 e. The Morgan fingerprint density at radius 2 is 1.10 bits per heavy atom. The Kier molecular flexibility index (Phi) is 21.4. The molecule has 0 bridgehead atoms. The number of para-hydroxylation sites is 2. The molecule has 6 aromatic rings. The van der Waals surface area contributed by atoms with E-state index in [0.29, 0.717) is 96.2 Å². The van der Waals surface area contributed by atoms with Gasteiger partial charge in [-0.3, -0.25) is 29.0 Å². The Labute approximate surface area is 446 Å². The maximum absolute atomic E-state index is 12.7. The van der Waals surface area contributed by atoms with Crippen LogP contribution in [0.1, 0.15) is 56.0 Å². The van der Waals surface area contributed by atoms with Crippen LogP contribution in [-0.4, -0.2) is 142 Å². The molecule has 0 radical (unpaired) electrons. The van der Waals surface area contributed by atoms with Crippen LogP contribution in [0.25, 0.3) is 0 Å². The predicted molar refractivity (Wildman–Crippen MR) is 289 cm³/mol. The molecule has 73 heavy (non-hydrogen) atoms. The highest BCUT2D eigenvalue weighted by Crippen LogP contribution is 2.30. The van der Waals surface area contributed by atoms with Gasteiger partial charge >= 0.3 is 11.9 Å². The van der Waals surface area contributed by atoms with Gasteiger partial charge in [0.1, 0.15) is 44.0 Å². The zero-order valence-electron chi connectivity index (χ0n) is 41.2. The minimum absolute atomic E-state index is 0.112. The van der Waals surface area contributed by atoms with E-state index in [1.54, 1.807) is 25.1 Å². The summed E-state index contributed by atoms with van der Waals surface area (Å²) in [6.45, 7) is 19.3. The molecule has 2 fully saturated rings. The second-order valence-electron chi connectivity index (χ2n) is 16.3. The van der Waals surface area contributed by atoms with E-state index in [1.165, 1.54) is 35.1 Å². The van der Waals surface area contributed by atoms with Gasteiger partial charge in [0.25, 0.3) is 11.8 Å². The zero-order chi connectivity index (χ0) is 52.4. The Balaban J connectivity index is 0.000000202. The fraction of sp³-hybridized carbons (Fsp3) is 0.375. The molecule has 0 atom stereocenters. The highest BCUT2D eigenvalue weighted by molar-refractivity contribution is 7.18. The molecule has 2 amide bonds. The van der Waals surface area contributed by atoms with E-state index in [4.69, 9.17) is 44.3 Å². The number of nitrogens with one attached hydrogen (secondary N) is 5. The molecule has 2 aromatic carbocycles. The number of ether oxygens (including phenoxy) is 2. The molecule has 2 aliphatic rings. The minimum atomic E-state index is -0.281. The summed E-state index contributed by atoms with van der Waals surface area (Å²) in [4.78, 5) is 80.9. The molecule has 2 saturated heterocycles. The van der Waals surface area contributed by atoms with Gasteiger partial charge in [0.2, 0.25) is 0 Å². The minimum Gasteiger partial charge on any atom is -0.465 e. The second kappa shape index (κ2) is 27.8. The van der Waals surface area contributed by atoms with Gasteiger partial charge in [0.15, 0.2) is 10.3 Å². The summed E-state index contributed by atoms with van der Waals surface area (Å²) >= 11 is 20.7. The van der Waals surface area contributed by atoms with E-state index in [2.05, 4.69) is 71.2 Å². The van der Waals surface area contributed by atoms with E-state index < -0.39 is 0 Å².